The van der Waals surface area contributed by atoms with Crippen molar-refractivity contribution in [3.05, 3.63) is 0 Å². The lowest BCUT2D eigenvalue weighted by atomic mass is 10.3. The molecule has 1 unspecified atom stereocenters. The second kappa shape index (κ2) is 5.13. The van der Waals surface area contributed by atoms with Gasteiger partial charge in [0.25, 0.3) is 0 Å². The predicted octanol–water partition coefficient (Wildman–Crippen LogP) is 1.95. The molecule has 0 saturated heterocycles. The molecular formula is C9H18N2O. The molecule has 0 spiro atoms. The Hall–Kier alpha value is -0.590. The van der Waals surface area contributed by atoms with Crippen LogP contribution in [-0.4, -0.2) is 23.3 Å². The number of nitriles is 1. The van der Waals surface area contributed by atoms with E-state index in [1.807, 2.05) is 38.8 Å². The van der Waals surface area contributed by atoms with Gasteiger partial charge in [0.15, 0.2) is 6.10 Å². The van der Waals surface area contributed by atoms with Crippen LogP contribution in [-0.2, 0) is 4.84 Å². The maximum absolute atomic E-state index is 8.55. The van der Waals surface area contributed by atoms with Crippen LogP contribution in [0.15, 0.2) is 0 Å². The molecule has 0 bridgehead atoms. The van der Waals surface area contributed by atoms with E-state index in [0.29, 0.717) is 12.1 Å². The third kappa shape index (κ3) is 3.70. The van der Waals surface area contributed by atoms with E-state index in [1.165, 1.54) is 0 Å². The third-order valence-electron chi connectivity index (χ3n) is 1.48. The smallest absolute Gasteiger partial charge is 0.162 e. The summed E-state index contributed by atoms with van der Waals surface area (Å²) in [5, 5.41) is 10.4. The fraction of sp³-hybridized carbons (Fsp3) is 0.889. The maximum Gasteiger partial charge on any atom is 0.162 e. The lowest BCUT2D eigenvalue weighted by Crippen LogP contribution is -2.39. The molecule has 0 aliphatic heterocycles. The highest BCUT2D eigenvalue weighted by Gasteiger charge is 2.16. The standard InChI is InChI=1S/C9H18N2O/c1-7(2)11(8(3)4)12-9(5)6-10/h7-9H,1-5H3. The van der Waals surface area contributed by atoms with Crippen molar-refractivity contribution >= 4 is 0 Å². The highest BCUT2D eigenvalue weighted by atomic mass is 16.7. The van der Waals surface area contributed by atoms with Gasteiger partial charge in [0.05, 0.1) is 6.07 Å². The molecule has 1 atom stereocenters. The van der Waals surface area contributed by atoms with Gasteiger partial charge in [-0.05, 0) is 34.6 Å². The van der Waals surface area contributed by atoms with Gasteiger partial charge in [-0.15, -0.1) is 0 Å². The van der Waals surface area contributed by atoms with E-state index in [0.717, 1.165) is 0 Å². The van der Waals surface area contributed by atoms with Crippen LogP contribution in [0.1, 0.15) is 34.6 Å². The zero-order chi connectivity index (χ0) is 9.72. The molecule has 0 rings (SSSR count). The molecule has 3 nitrogen and oxygen atoms in total. The Labute approximate surface area is 74.9 Å². The minimum absolute atomic E-state index is 0.306. The second-order valence-corrected chi connectivity index (χ2v) is 3.42. The molecule has 0 fully saturated rings. The van der Waals surface area contributed by atoms with Crippen LogP contribution in [0, 0.1) is 11.3 Å². The van der Waals surface area contributed by atoms with Crippen LogP contribution in [0.25, 0.3) is 0 Å². The number of nitrogens with zero attached hydrogens (tertiary/aromatic N) is 2. The molecular weight excluding hydrogens is 152 g/mol. The number of hydrogen-bond donors (Lipinski definition) is 0. The monoisotopic (exact) mass is 170 g/mol. The van der Waals surface area contributed by atoms with Gasteiger partial charge < -0.3 is 0 Å². The summed E-state index contributed by atoms with van der Waals surface area (Å²) in [6.45, 7) is 9.93. The van der Waals surface area contributed by atoms with Gasteiger partial charge in [-0.3, -0.25) is 4.84 Å². The van der Waals surface area contributed by atoms with Crippen molar-refractivity contribution in [3.63, 3.8) is 0 Å². The van der Waals surface area contributed by atoms with Crippen LogP contribution in [0.3, 0.4) is 0 Å². The predicted molar refractivity (Wildman–Crippen MR) is 48.3 cm³/mol. The summed E-state index contributed by atoms with van der Waals surface area (Å²) in [5.74, 6) is 0. The molecule has 0 aromatic rings. The van der Waals surface area contributed by atoms with Gasteiger partial charge in [-0.25, -0.2) is 0 Å². The Bertz CT molecular complexity index is 152. The average Bonchev–Trinajstić information content (AvgIpc) is 1.98. The molecule has 12 heavy (non-hydrogen) atoms. The number of hydroxylamine groups is 2. The third-order valence-corrected chi connectivity index (χ3v) is 1.48. The van der Waals surface area contributed by atoms with Crippen molar-refractivity contribution in [2.24, 2.45) is 0 Å². The van der Waals surface area contributed by atoms with E-state index in [2.05, 4.69) is 0 Å². The molecule has 0 aromatic carbocycles. The van der Waals surface area contributed by atoms with Gasteiger partial charge >= 0.3 is 0 Å². The Morgan fingerprint density at radius 1 is 1.08 bits per heavy atom. The van der Waals surface area contributed by atoms with E-state index in [-0.39, 0.29) is 6.10 Å². The zero-order valence-electron chi connectivity index (χ0n) is 8.53. The first kappa shape index (κ1) is 11.4. The van der Waals surface area contributed by atoms with Gasteiger partial charge in [0.2, 0.25) is 0 Å². The summed E-state index contributed by atoms with van der Waals surface area (Å²) in [6, 6.07) is 2.65. The van der Waals surface area contributed by atoms with Crippen LogP contribution in [0.4, 0.5) is 0 Å². The largest absolute Gasteiger partial charge is 0.280 e. The van der Waals surface area contributed by atoms with E-state index < -0.39 is 0 Å². The van der Waals surface area contributed by atoms with E-state index in [1.54, 1.807) is 6.92 Å². The first-order valence-corrected chi connectivity index (χ1v) is 4.33. The quantitative estimate of drug-likeness (QED) is 0.605. The number of hydrogen-bond acceptors (Lipinski definition) is 3. The highest BCUT2D eigenvalue weighted by Crippen LogP contribution is 2.07. The molecule has 0 saturated carbocycles. The SMILES string of the molecule is CC(C#N)ON(C(C)C)C(C)C. The minimum Gasteiger partial charge on any atom is -0.280 e. The molecule has 0 heterocycles. The Morgan fingerprint density at radius 3 is 1.75 bits per heavy atom. The van der Waals surface area contributed by atoms with Gasteiger partial charge in [-0.2, -0.15) is 10.3 Å². The normalized spacial score (nSPS) is 13.9. The lowest BCUT2D eigenvalue weighted by Gasteiger charge is -2.30. The fourth-order valence-corrected chi connectivity index (χ4v) is 1.05. The van der Waals surface area contributed by atoms with Gasteiger partial charge in [-0.1, -0.05) is 0 Å². The molecule has 70 valence electrons. The Balaban J connectivity index is 4.07. The molecule has 0 aliphatic rings. The Kier molecular flexibility index (Phi) is 4.87. The lowest BCUT2D eigenvalue weighted by molar-refractivity contribution is -0.214. The first-order chi connectivity index (χ1) is 5.49. The van der Waals surface area contributed by atoms with Crippen molar-refractivity contribution in [3.8, 4) is 6.07 Å². The molecule has 0 amide bonds. The summed E-state index contributed by atoms with van der Waals surface area (Å²) in [4.78, 5) is 5.39. The van der Waals surface area contributed by atoms with Crippen LogP contribution in [0.5, 0.6) is 0 Å². The van der Waals surface area contributed by atoms with Crippen molar-refractivity contribution in [1.82, 2.24) is 5.06 Å². The summed E-state index contributed by atoms with van der Waals surface area (Å²) in [5.41, 5.74) is 0. The average molecular weight is 170 g/mol. The van der Waals surface area contributed by atoms with E-state index >= 15 is 0 Å². The topological polar surface area (TPSA) is 36.3 Å². The first-order valence-electron chi connectivity index (χ1n) is 4.33. The van der Waals surface area contributed by atoms with Crippen LogP contribution in [0.2, 0.25) is 0 Å². The van der Waals surface area contributed by atoms with Crippen LogP contribution >= 0.6 is 0 Å². The van der Waals surface area contributed by atoms with Crippen molar-refractivity contribution in [1.29, 1.82) is 5.26 Å². The highest BCUT2D eigenvalue weighted by molar-refractivity contribution is 4.79. The van der Waals surface area contributed by atoms with E-state index in [4.69, 9.17) is 10.1 Å². The summed E-state index contributed by atoms with van der Waals surface area (Å²) < 4.78 is 0. The summed E-state index contributed by atoms with van der Waals surface area (Å²) >= 11 is 0. The minimum atomic E-state index is -0.366. The summed E-state index contributed by atoms with van der Waals surface area (Å²) in [6.07, 6.45) is -0.366. The molecule has 0 N–H and O–H groups in total. The fourth-order valence-electron chi connectivity index (χ4n) is 1.05. The van der Waals surface area contributed by atoms with Crippen molar-refractivity contribution in [2.75, 3.05) is 0 Å². The van der Waals surface area contributed by atoms with Crippen molar-refractivity contribution < 1.29 is 4.84 Å². The van der Waals surface area contributed by atoms with Gasteiger partial charge in [0, 0.05) is 12.1 Å². The summed E-state index contributed by atoms with van der Waals surface area (Å²) in [7, 11) is 0. The van der Waals surface area contributed by atoms with Crippen molar-refractivity contribution in [2.45, 2.75) is 52.8 Å². The van der Waals surface area contributed by atoms with Crippen LogP contribution < -0.4 is 0 Å². The zero-order valence-corrected chi connectivity index (χ0v) is 8.53. The number of rotatable bonds is 4. The molecule has 0 aromatic heterocycles. The maximum atomic E-state index is 8.55. The van der Waals surface area contributed by atoms with E-state index in [9.17, 15) is 0 Å². The molecule has 0 aliphatic carbocycles. The van der Waals surface area contributed by atoms with Gasteiger partial charge in [0.1, 0.15) is 0 Å². The second-order valence-electron chi connectivity index (χ2n) is 3.42. The molecule has 3 heteroatoms. The molecule has 0 radical (unpaired) electrons. The Morgan fingerprint density at radius 2 is 1.50 bits per heavy atom.